The molecule has 0 saturated carbocycles. The minimum atomic E-state index is -3.34. The SMILES string of the molecule is CNS(=O)(=O)C(C)c1cc2ccccc2o1. The molecule has 1 aromatic carbocycles. The average molecular weight is 239 g/mol. The molecule has 16 heavy (non-hydrogen) atoms. The van der Waals surface area contributed by atoms with E-state index in [9.17, 15) is 8.42 Å². The second kappa shape index (κ2) is 3.92. The van der Waals surface area contributed by atoms with E-state index in [1.54, 1.807) is 13.0 Å². The fraction of sp³-hybridized carbons (Fsp3) is 0.273. The quantitative estimate of drug-likeness (QED) is 0.891. The van der Waals surface area contributed by atoms with Crippen LogP contribution in [0.1, 0.15) is 17.9 Å². The van der Waals surface area contributed by atoms with Crippen molar-refractivity contribution in [2.24, 2.45) is 0 Å². The highest BCUT2D eigenvalue weighted by molar-refractivity contribution is 7.89. The molecule has 1 N–H and O–H groups in total. The van der Waals surface area contributed by atoms with Gasteiger partial charge in [0, 0.05) is 5.39 Å². The molecule has 0 fully saturated rings. The van der Waals surface area contributed by atoms with Gasteiger partial charge < -0.3 is 4.42 Å². The molecule has 1 heterocycles. The Bertz CT molecular complexity index is 567. The first kappa shape index (κ1) is 11.2. The molecule has 2 aromatic rings. The first-order valence-electron chi connectivity index (χ1n) is 4.95. The van der Waals surface area contributed by atoms with Crippen LogP contribution in [0.3, 0.4) is 0 Å². The van der Waals surface area contributed by atoms with Crippen molar-refractivity contribution in [1.82, 2.24) is 4.72 Å². The maximum absolute atomic E-state index is 11.6. The highest BCUT2D eigenvalue weighted by Crippen LogP contribution is 2.27. The molecule has 0 bridgehead atoms. The summed E-state index contributed by atoms with van der Waals surface area (Å²) in [6.07, 6.45) is 0. The van der Waals surface area contributed by atoms with Crippen molar-refractivity contribution in [3.05, 3.63) is 36.1 Å². The number of sulfonamides is 1. The molecular weight excluding hydrogens is 226 g/mol. The van der Waals surface area contributed by atoms with Gasteiger partial charge in [0.05, 0.1) is 0 Å². The van der Waals surface area contributed by atoms with Crippen LogP contribution in [-0.2, 0) is 10.0 Å². The van der Waals surface area contributed by atoms with E-state index >= 15 is 0 Å². The van der Waals surface area contributed by atoms with Crippen LogP contribution >= 0.6 is 0 Å². The Morgan fingerprint density at radius 1 is 1.31 bits per heavy atom. The van der Waals surface area contributed by atoms with Crippen LogP contribution in [-0.4, -0.2) is 15.5 Å². The summed E-state index contributed by atoms with van der Waals surface area (Å²) in [5.74, 6) is 0.454. The molecule has 4 nitrogen and oxygen atoms in total. The first-order valence-corrected chi connectivity index (χ1v) is 6.50. The van der Waals surface area contributed by atoms with Gasteiger partial charge in [0.1, 0.15) is 16.6 Å². The van der Waals surface area contributed by atoms with E-state index in [0.29, 0.717) is 11.3 Å². The van der Waals surface area contributed by atoms with Gasteiger partial charge >= 0.3 is 0 Å². The average Bonchev–Trinajstić information content (AvgIpc) is 2.71. The molecule has 1 unspecified atom stereocenters. The summed E-state index contributed by atoms with van der Waals surface area (Å²) >= 11 is 0. The molecule has 0 aliphatic rings. The molecule has 0 amide bonds. The van der Waals surface area contributed by atoms with Crippen LogP contribution in [0.2, 0.25) is 0 Å². The minimum Gasteiger partial charge on any atom is -0.460 e. The molecule has 0 radical (unpaired) electrons. The Morgan fingerprint density at radius 3 is 2.62 bits per heavy atom. The normalized spacial score (nSPS) is 14.1. The molecule has 0 saturated heterocycles. The van der Waals surface area contributed by atoms with Gasteiger partial charge in [-0.25, -0.2) is 13.1 Å². The first-order chi connectivity index (χ1) is 7.54. The molecule has 2 rings (SSSR count). The van der Waals surface area contributed by atoms with E-state index in [2.05, 4.69) is 4.72 Å². The largest absolute Gasteiger partial charge is 0.460 e. The monoisotopic (exact) mass is 239 g/mol. The summed E-state index contributed by atoms with van der Waals surface area (Å²) in [6, 6.07) is 9.21. The van der Waals surface area contributed by atoms with E-state index in [4.69, 9.17) is 4.42 Å². The van der Waals surface area contributed by atoms with Gasteiger partial charge in [-0.15, -0.1) is 0 Å². The van der Waals surface area contributed by atoms with Crippen LogP contribution in [0.5, 0.6) is 0 Å². The number of para-hydroxylation sites is 1. The van der Waals surface area contributed by atoms with Gasteiger partial charge in [-0.3, -0.25) is 0 Å². The zero-order chi connectivity index (χ0) is 11.8. The summed E-state index contributed by atoms with van der Waals surface area (Å²) in [4.78, 5) is 0. The lowest BCUT2D eigenvalue weighted by Gasteiger charge is -2.07. The molecule has 0 aliphatic carbocycles. The maximum Gasteiger partial charge on any atom is 0.221 e. The number of hydrogen-bond acceptors (Lipinski definition) is 3. The Kier molecular flexibility index (Phi) is 2.73. The number of rotatable bonds is 3. The van der Waals surface area contributed by atoms with Crippen LogP contribution in [0, 0.1) is 0 Å². The summed E-state index contributed by atoms with van der Waals surface area (Å²) in [5, 5.41) is 0.223. The standard InChI is InChI=1S/C11H13NO3S/c1-8(16(13,14)12-2)11-7-9-5-3-4-6-10(9)15-11/h3-8,12H,1-2H3. The van der Waals surface area contributed by atoms with E-state index in [0.717, 1.165) is 5.39 Å². The summed E-state index contributed by atoms with van der Waals surface area (Å²) in [7, 11) is -1.95. The third-order valence-corrected chi connectivity index (χ3v) is 4.33. The van der Waals surface area contributed by atoms with Crippen LogP contribution in [0.4, 0.5) is 0 Å². The van der Waals surface area contributed by atoms with Crippen molar-refractivity contribution < 1.29 is 12.8 Å². The summed E-state index contributed by atoms with van der Waals surface area (Å²) in [6.45, 7) is 1.60. The van der Waals surface area contributed by atoms with Crippen molar-refractivity contribution in [3.63, 3.8) is 0 Å². The molecular formula is C11H13NO3S. The van der Waals surface area contributed by atoms with Gasteiger partial charge in [-0.2, -0.15) is 0 Å². The van der Waals surface area contributed by atoms with Gasteiger partial charge in [-0.1, -0.05) is 18.2 Å². The molecule has 0 spiro atoms. The molecule has 1 atom stereocenters. The smallest absolute Gasteiger partial charge is 0.221 e. The van der Waals surface area contributed by atoms with Crippen molar-refractivity contribution in [1.29, 1.82) is 0 Å². The second-order valence-electron chi connectivity index (χ2n) is 3.58. The maximum atomic E-state index is 11.6. The van der Waals surface area contributed by atoms with E-state index in [1.165, 1.54) is 7.05 Å². The van der Waals surface area contributed by atoms with Crippen LogP contribution < -0.4 is 4.72 Å². The highest BCUT2D eigenvalue weighted by Gasteiger charge is 2.24. The lowest BCUT2D eigenvalue weighted by atomic mass is 10.2. The van der Waals surface area contributed by atoms with E-state index < -0.39 is 15.3 Å². The lowest BCUT2D eigenvalue weighted by Crippen LogP contribution is -2.23. The number of fused-ring (bicyclic) bond motifs is 1. The predicted octanol–water partition coefficient (Wildman–Crippen LogP) is 2.04. The Labute approximate surface area is 94.3 Å². The number of benzene rings is 1. The number of hydrogen-bond donors (Lipinski definition) is 1. The Morgan fingerprint density at radius 2 is 2.00 bits per heavy atom. The zero-order valence-corrected chi connectivity index (χ0v) is 9.91. The van der Waals surface area contributed by atoms with Crippen LogP contribution in [0.25, 0.3) is 11.0 Å². The van der Waals surface area contributed by atoms with E-state index in [1.807, 2.05) is 24.3 Å². The molecule has 1 aromatic heterocycles. The van der Waals surface area contributed by atoms with Crippen molar-refractivity contribution in [2.75, 3.05) is 7.05 Å². The lowest BCUT2D eigenvalue weighted by molar-refractivity contribution is 0.525. The Hall–Kier alpha value is -1.33. The van der Waals surface area contributed by atoms with Gasteiger partial charge in [-0.05, 0) is 26.1 Å². The third-order valence-electron chi connectivity index (χ3n) is 2.60. The van der Waals surface area contributed by atoms with Crippen LogP contribution in [0.15, 0.2) is 34.7 Å². The Balaban J connectivity index is 2.49. The van der Waals surface area contributed by atoms with Crippen molar-refractivity contribution in [3.8, 4) is 0 Å². The summed E-state index contributed by atoms with van der Waals surface area (Å²) < 4.78 is 31.0. The van der Waals surface area contributed by atoms with Gasteiger partial charge in [0.15, 0.2) is 0 Å². The molecule has 0 aliphatic heterocycles. The summed E-state index contributed by atoms with van der Waals surface area (Å²) in [5.41, 5.74) is 0.704. The van der Waals surface area contributed by atoms with E-state index in [-0.39, 0.29) is 0 Å². The number of nitrogens with one attached hydrogen (secondary N) is 1. The number of furan rings is 1. The molecule has 86 valence electrons. The highest BCUT2D eigenvalue weighted by atomic mass is 32.2. The predicted molar refractivity (Wildman–Crippen MR) is 62.6 cm³/mol. The zero-order valence-electron chi connectivity index (χ0n) is 9.10. The second-order valence-corrected chi connectivity index (χ2v) is 5.78. The van der Waals surface area contributed by atoms with Crippen molar-refractivity contribution in [2.45, 2.75) is 12.2 Å². The third kappa shape index (κ3) is 1.83. The minimum absolute atomic E-state index is 0.454. The topological polar surface area (TPSA) is 59.3 Å². The fourth-order valence-corrected chi connectivity index (χ4v) is 2.31. The molecule has 5 heteroatoms. The van der Waals surface area contributed by atoms with Gasteiger partial charge in [0.2, 0.25) is 10.0 Å². The fourth-order valence-electron chi connectivity index (χ4n) is 1.53. The van der Waals surface area contributed by atoms with Gasteiger partial charge in [0.25, 0.3) is 0 Å². The van der Waals surface area contributed by atoms with Crippen molar-refractivity contribution >= 4 is 21.0 Å².